The average Bonchev–Trinajstić information content (AvgIpc) is 2.37. The number of aryl methyl sites for hydroxylation is 2. The van der Waals surface area contributed by atoms with E-state index < -0.39 is 15.8 Å². The second-order valence-electron chi connectivity index (χ2n) is 5.77. The van der Waals surface area contributed by atoms with Crippen LogP contribution in [0.1, 0.15) is 24.5 Å². The van der Waals surface area contributed by atoms with Gasteiger partial charge in [-0.05, 0) is 49.4 Å². The smallest absolute Gasteiger partial charge is 0.243 e. The number of nitrogens with zero attached hydrogens (tertiary/aromatic N) is 1. The molecule has 1 fully saturated rings. The highest BCUT2D eigenvalue weighted by atomic mass is 32.2. The van der Waals surface area contributed by atoms with Crippen LogP contribution in [-0.2, 0) is 14.8 Å². The van der Waals surface area contributed by atoms with Gasteiger partial charge in [0.2, 0.25) is 10.0 Å². The summed E-state index contributed by atoms with van der Waals surface area (Å²) in [6, 6.07) is 2.53. The Hall–Kier alpha value is -0.980. The Labute approximate surface area is 126 Å². The van der Waals surface area contributed by atoms with Crippen molar-refractivity contribution in [1.82, 2.24) is 4.31 Å². The van der Waals surface area contributed by atoms with Crippen molar-refractivity contribution in [3.05, 3.63) is 29.1 Å². The van der Waals surface area contributed by atoms with Crippen LogP contribution in [0.2, 0.25) is 0 Å². The van der Waals surface area contributed by atoms with Gasteiger partial charge in [-0.25, -0.2) is 12.8 Å². The Kier molecular flexibility index (Phi) is 4.70. The van der Waals surface area contributed by atoms with Gasteiger partial charge in [-0.2, -0.15) is 4.31 Å². The van der Waals surface area contributed by atoms with E-state index in [1.807, 2.05) is 0 Å². The Morgan fingerprint density at radius 1 is 1.29 bits per heavy atom. The first-order chi connectivity index (χ1) is 9.77. The summed E-state index contributed by atoms with van der Waals surface area (Å²) >= 11 is 0. The van der Waals surface area contributed by atoms with E-state index in [1.165, 1.54) is 16.4 Å². The number of piperidine rings is 1. The number of ether oxygens (including phenoxy) is 1. The van der Waals surface area contributed by atoms with E-state index in [0.29, 0.717) is 30.1 Å². The third-order valence-corrected chi connectivity index (χ3v) is 6.35. The summed E-state index contributed by atoms with van der Waals surface area (Å²) < 4.78 is 45.9. The van der Waals surface area contributed by atoms with Gasteiger partial charge in [0.25, 0.3) is 0 Å². The van der Waals surface area contributed by atoms with E-state index in [1.54, 1.807) is 21.0 Å². The molecule has 1 aliphatic rings. The molecule has 0 radical (unpaired) electrons. The monoisotopic (exact) mass is 315 g/mol. The lowest BCUT2D eigenvalue weighted by molar-refractivity contribution is 0.0183. The number of benzene rings is 1. The predicted molar refractivity (Wildman–Crippen MR) is 79.2 cm³/mol. The number of hydrogen-bond acceptors (Lipinski definition) is 3. The molecule has 1 saturated heterocycles. The van der Waals surface area contributed by atoms with E-state index >= 15 is 0 Å². The van der Waals surface area contributed by atoms with Crippen molar-refractivity contribution in [1.29, 1.82) is 0 Å². The van der Waals surface area contributed by atoms with Crippen molar-refractivity contribution in [2.75, 3.05) is 20.2 Å². The van der Waals surface area contributed by atoms with Crippen molar-refractivity contribution in [2.45, 2.75) is 38.2 Å². The molecule has 2 unspecified atom stereocenters. The zero-order valence-corrected chi connectivity index (χ0v) is 13.7. The molecule has 118 valence electrons. The van der Waals surface area contributed by atoms with E-state index in [4.69, 9.17) is 4.74 Å². The van der Waals surface area contributed by atoms with Crippen LogP contribution >= 0.6 is 0 Å². The quantitative estimate of drug-likeness (QED) is 0.861. The van der Waals surface area contributed by atoms with Gasteiger partial charge in [-0.1, -0.05) is 6.92 Å². The molecule has 0 spiro atoms. The first kappa shape index (κ1) is 16.4. The summed E-state index contributed by atoms with van der Waals surface area (Å²) in [4.78, 5) is 0.216. The first-order valence-electron chi connectivity index (χ1n) is 7.07. The second kappa shape index (κ2) is 6.02. The zero-order valence-electron chi connectivity index (χ0n) is 12.9. The third kappa shape index (κ3) is 3.12. The van der Waals surface area contributed by atoms with Gasteiger partial charge in [-0.3, -0.25) is 0 Å². The lowest BCUT2D eigenvalue weighted by Crippen LogP contribution is -2.46. The summed E-state index contributed by atoms with van der Waals surface area (Å²) in [6.07, 6.45) is 0.659. The predicted octanol–water partition coefficient (Wildman–Crippen LogP) is 2.49. The number of rotatable bonds is 3. The lowest BCUT2D eigenvalue weighted by atomic mass is 9.97. The fraction of sp³-hybridized carbons (Fsp3) is 0.600. The Balaban J connectivity index is 2.39. The van der Waals surface area contributed by atoms with Crippen LogP contribution in [0.3, 0.4) is 0 Å². The van der Waals surface area contributed by atoms with Gasteiger partial charge < -0.3 is 4.74 Å². The molecule has 1 aromatic rings. The Morgan fingerprint density at radius 2 is 1.86 bits per heavy atom. The molecule has 0 bridgehead atoms. The summed E-state index contributed by atoms with van der Waals surface area (Å²) in [7, 11) is -2.02. The molecular weight excluding hydrogens is 293 g/mol. The molecule has 1 aromatic carbocycles. The van der Waals surface area contributed by atoms with Crippen molar-refractivity contribution >= 4 is 10.0 Å². The highest BCUT2D eigenvalue weighted by molar-refractivity contribution is 7.89. The maximum atomic E-state index is 13.4. The minimum absolute atomic E-state index is 0.102. The number of methoxy groups -OCH3 is 1. The van der Waals surface area contributed by atoms with E-state index in [2.05, 4.69) is 6.92 Å². The van der Waals surface area contributed by atoms with E-state index in [9.17, 15) is 12.8 Å². The normalized spacial score (nSPS) is 24.2. The summed E-state index contributed by atoms with van der Waals surface area (Å²) in [6.45, 7) is 6.13. The maximum absolute atomic E-state index is 13.4. The largest absolute Gasteiger partial charge is 0.380 e. The first-order valence-corrected chi connectivity index (χ1v) is 8.51. The van der Waals surface area contributed by atoms with Crippen LogP contribution in [0.25, 0.3) is 0 Å². The number of sulfonamides is 1. The zero-order chi connectivity index (χ0) is 15.8. The molecule has 21 heavy (non-hydrogen) atoms. The van der Waals surface area contributed by atoms with Gasteiger partial charge >= 0.3 is 0 Å². The van der Waals surface area contributed by atoms with Crippen molar-refractivity contribution in [3.63, 3.8) is 0 Å². The summed E-state index contributed by atoms with van der Waals surface area (Å²) in [5, 5.41) is 0. The minimum Gasteiger partial charge on any atom is -0.380 e. The van der Waals surface area contributed by atoms with Gasteiger partial charge in [0, 0.05) is 20.2 Å². The fourth-order valence-corrected chi connectivity index (χ4v) is 4.84. The molecule has 0 saturated carbocycles. The van der Waals surface area contributed by atoms with Gasteiger partial charge in [0.05, 0.1) is 11.0 Å². The number of hydrogen-bond donors (Lipinski definition) is 0. The molecule has 0 amide bonds. The van der Waals surface area contributed by atoms with Crippen LogP contribution in [0.5, 0.6) is 0 Å². The second-order valence-corrected chi connectivity index (χ2v) is 7.65. The fourth-order valence-electron chi connectivity index (χ4n) is 2.96. The molecule has 6 heteroatoms. The SMILES string of the molecule is COC1CN(S(=O)(=O)c2c(C)cc(F)cc2C)CCC1C. The summed E-state index contributed by atoms with van der Waals surface area (Å²) in [5.74, 6) is -0.0807. The van der Waals surface area contributed by atoms with Crippen molar-refractivity contribution in [3.8, 4) is 0 Å². The van der Waals surface area contributed by atoms with Crippen LogP contribution in [0.15, 0.2) is 17.0 Å². The molecule has 1 heterocycles. The van der Waals surface area contributed by atoms with E-state index in [-0.39, 0.29) is 11.0 Å². The van der Waals surface area contributed by atoms with E-state index in [0.717, 1.165) is 6.42 Å². The molecular formula is C15H22FNO3S. The Bertz CT molecular complexity index is 607. The minimum atomic E-state index is -3.62. The highest BCUT2D eigenvalue weighted by Crippen LogP contribution is 2.29. The van der Waals surface area contributed by atoms with Gasteiger partial charge in [0.1, 0.15) is 5.82 Å². The molecule has 0 N–H and O–H groups in total. The van der Waals surface area contributed by atoms with Crippen LogP contribution in [-0.4, -0.2) is 39.0 Å². The van der Waals surface area contributed by atoms with Gasteiger partial charge in [-0.15, -0.1) is 0 Å². The lowest BCUT2D eigenvalue weighted by Gasteiger charge is -2.35. The van der Waals surface area contributed by atoms with Crippen molar-refractivity contribution in [2.24, 2.45) is 5.92 Å². The van der Waals surface area contributed by atoms with Crippen LogP contribution in [0, 0.1) is 25.6 Å². The van der Waals surface area contributed by atoms with Crippen molar-refractivity contribution < 1.29 is 17.5 Å². The molecule has 0 aliphatic carbocycles. The highest BCUT2D eigenvalue weighted by Gasteiger charge is 2.35. The van der Waals surface area contributed by atoms with Crippen LogP contribution in [0.4, 0.5) is 4.39 Å². The summed E-state index contributed by atoms with van der Waals surface area (Å²) in [5.41, 5.74) is 0.889. The average molecular weight is 315 g/mol. The van der Waals surface area contributed by atoms with Gasteiger partial charge in [0.15, 0.2) is 0 Å². The molecule has 0 aromatic heterocycles. The number of halogens is 1. The molecule has 4 nitrogen and oxygen atoms in total. The molecule has 2 atom stereocenters. The third-order valence-electron chi connectivity index (χ3n) is 4.18. The topological polar surface area (TPSA) is 46.6 Å². The van der Waals surface area contributed by atoms with Crippen LogP contribution < -0.4 is 0 Å². The molecule has 1 aliphatic heterocycles. The maximum Gasteiger partial charge on any atom is 0.243 e. The standard InChI is InChI=1S/C15H22FNO3S/c1-10-5-6-17(9-14(10)20-4)21(18,19)15-11(2)7-13(16)8-12(15)3/h7-8,10,14H,5-6,9H2,1-4H3. The molecule has 2 rings (SSSR count). The Morgan fingerprint density at radius 3 is 2.38 bits per heavy atom.